The Morgan fingerprint density at radius 3 is 2.68 bits per heavy atom. The fraction of sp³-hybridized carbons (Fsp3) is 0.357. The zero-order valence-electron chi connectivity index (χ0n) is 11.4. The van der Waals surface area contributed by atoms with Crippen molar-refractivity contribution in [1.82, 2.24) is 9.78 Å². The van der Waals surface area contributed by atoms with Crippen LogP contribution in [0.5, 0.6) is 5.75 Å². The van der Waals surface area contributed by atoms with Crippen LogP contribution < -0.4 is 10.5 Å². The predicted molar refractivity (Wildman–Crippen MR) is 71.6 cm³/mol. The van der Waals surface area contributed by atoms with Gasteiger partial charge in [-0.2, -0.15) is 5.10 Å². The summed E-state index contributed by atoms with van der Waals surface area (Å²) in [6.07, 6.45) is 0.825. The van der Waals surface area contributed by atoms with Crippen molar-refractivity contribution in [3.63, 3.8) is 0 Å². The molecule has 0 aliphatic carbocycles. The summed E-state index contributed by atoms with van der Waals surface area (Å²) in [5.74, 6) is 0.110. The Balaban J connectivity index is 2.37. The Labute approximate surface area is 112 Å². The minimum absolute atomic E-state index is 0.369. The van der Waals surface area contributed by atoms with Crippen LogP contribution in [0.4, 0.5) is 4.39 Å². The quantitative estimate of drug-likeness (QED) is 0.919. The first-order valence-electron chi connectivity index (χ1n) is 6.18. The molecular weight excluding hydrogens is 245 g/mol. The van der Waals surface area contributed by atoms with Crippen LogP contribution in [0.2, 0.25) is 0 Å². The van der Waals surface area contributed by atoms with Gasteiger partial charge in [-0.15, -0.1) is 0 Å². The lowest BCUT2D eigenvalue weighted by atomic mass is 10.0. The Morgan fingerprint density at radius 2 is 2.16 bits per heavy atom. The van der Waals surface area contributed by atoms with E-state index >= 15 is 0 Å². The largest absolute Gasteiger partial charge is 0.497 e. The van der Waals surface area contributed by atoms with Crippen molar-refractivity contribution in [3.8, 4) is 5.75 Å². The average molecular weight is 263 g/mol. The van der Waals surface area contributed by atoms with Gasteiger partial charge in [-0.3, -0.25) is 4.68 Å². The molecule has 102 valence electrons. The maximum Gasteiger partial charge on any atom is 0.132 e. The van der Waals surface area contributed by atoms with Crippen molar-refractivity contribution >= 4 is 0 Å². The first-order chi connectivity index (χ1) is 9.06. The number of nitrogens with zero attached hydrogens (tertiary/aromatic N) is 2. The normalized spacial score (nSPS) is 12.5. The summed E-state index contributed by atoms with van der Waals surface area (Å²) < 4.78 is 20.7. The lowest BCUT2D eigenvalue weighted by molar-refractivity contribution is 0.410. The Kier molecular flexibility index (Phi) is 3.85. The van der Waals surface area contributed by atoms with Crippen molar-refractivity contribution in [3.05, 3.63) is 47.0 Å². The number of methoxy groups -OCH3 is 1. The van der Waals surface area contributed by atoms with E-state index in [4.69, 9.17) is 10.5 Å². The van der Waals surface area contributed by atoms with Gasteiger partial charge in [0.05, 0.1) is 24.5 Å². The molecule has 1 aromatic heterocycles. The lowest BCUT2D eigenvalue weighted by Crippen LogP contribution is -2.17. The van der Waals surface area contributed by atoms with E-state index in [2.05, 4.69) is 5.10 Å². The minimum atomic E-state index is -0.538. The molecule has 1 heterocycles. The third kappa shape index (κ3) is 2.61. The highest BCUT2D eigenvalue weighted by Crippen LogP contribution is 2.25. The zero-order chi connectivity index (χ0) is 14.0. The van der Waals surface area contributed by atoms with E-state index in [-0.39, 0.29) is 5.82 Å². The van der Waals surface area contributed by atoms with E-state index in [1.165, 1.54) is 13.2 Å². The van der Waals surface area contributed by atoms with Crippen LogP contribution in [0.3, 0.4) is 0 Å². The first-order valence-corrected chi connectivity index (χ1v) is 6.18. The van der Waals surface area contributed by atoms with Crippen LogP contribution in [-0.2, 0) is 13.5 Å². The molecule has 0 bridgehead atoms. The van der Waals surface area contributed by atoms with Gasteiger partial charge in [0.2, 0.25) is 0 Å². The van der Waals surface area contributed by atoms with Gasteiger partial charge in [-0.05, 0) is 18.6 Å². The SMILES string of the molecule is CCc1cc(C(N)c2ccc(OC)cc2F)n(C)n1. The van der Waals surface area contributed by atoms with Gasteiger partial charge in [0.1, 0.15) is 11.6 Å². The van der Waals surface area contributed by atoms with Crippen LogP contribution in [-0.4, -0.2) is 16.9 Å². The van der Waals surface area contributed by atoms with Gasteiger partial charge >= 0.3 is 0 Å². The predicted octanol–water partition coefficient (Wildman–Crippen LogP) is 2.18. The number of nitrogens with two attached hydrogens (primary N) is 1. The van der Waals surface area contributed by atoms with Gasteiger partial charge in [-0.25, -0.2) is 4.39 Å². The van der Waals surface area contributed by atoms with Crippen molar-refractivity contribution in [2.75, 3.05) is 7.11 Å². The summed E-state index contributed by atoms with van der Waals surface area (Å²) in [6, 6.07) is 6.07. The van der Waals surface area contributed by atoms with E-state index < -0.39 is 6.04 Å². The molecule has 1 aromatic carbocycles. The van der Waals surface area contributed by atoms with Crippen LogP contribution in [0.25, 0.3) is 0 Å². The monoisotopic (exact) mass is 263 g/mol. The summed E-state index contributed by atoms with van der Waals surface area (Å²) in [5, 5.41) is 4.33. The third-order valence-corrected chi connectivity index (χ3v) is 3.19. The summed E-state index contributed by atoms with van der Waals surface area (Å²) in [6.45, 7) is 2.02. The molecular formula is C14H18FN3O. The maximum atomic E-state index is 14.0. The first kappa shape index (κ1) is 13.5. The van der Waals surface area contributed by atoms with Crippen LogP contribution in [0, 0.1) is 5.82 Å². The molecule has 0 aliphatic heterocycles. The van der Waals surface area contributed by atoms with Crippen LogP contribution in [0.1, 0.15) is 29.9 Å². The molecule has 0 fully saturated rings. The van der Waals surface area contributed by atoms with E-state index in [0.29, 0.717) is 11.3 Å². The highest BCUT2D eigenvalue weighted by molar-refractivity contribution is 5.35. The van der Waals surface area contributed by atoms with Gasteiger partial charge < -0.3 is 10.5 Å². The highest BCUT2D eigenvalue weighted by Gasteiger charge is 2.18. The van der Waals surface area contributed by atoms with Crippen LogP contribution >= 0.6 is 0 Å². The van der Waals surface area contributed by atoms with Gasteiger partial charge in [-0.1, -0.05) is 13.0 Å². The van der Waals surface area contributed by atoms with E-state index in [9.17, 15) is 4.39 Å². The number of hydrogen-bond donors (Lipinski definition) is 1. The zero-order valence-corrected chi connectivity index (χ0v) is 11.4. The van der Waals surface area contributed by atoms with Crippen molar-refractivity contribution in [2.45, 2.75) is 19.4 Å². The molecule has 19 heavy (non-hydrogen) atoms. The standard InChI is InChI=1S/C14H18FN3O/c1-4-9-7-13(18(2)17-9)14(16)11-6-5-10(19-3)8-12(11)15/h5-8,14H,4,16H2,1-3H3. The molecule has 1 unspecified atom stereocenters. The van der Waals surface area contributed by atoms with Crippen molar-refractivity contribution in [2.24, 2.45) is 12.8 Å². The molecule has 1 atom stereocenters. The minimum Gasteiger partial charge on any atom is -0.497 e. The summed E-state index contributed by atoms with van der Waals surface area (Å²) in [4.78, 5) is 0. The molecule has 2 aromatic rings. The summed E-state index contributed by atoms with van der Waals surface area (Å²) in [5.41, 5.74) is 8.31. The summed E-state index contributed by atoms with van der Waals surface area (Å²) >= 11 is 0. The second kappa shape index (κ2) is 5.40. The topological polar surface area (TPSA) is 53.1 Å². The second-order valence-electron chi connectivity index (χ2n) is 4.40. The van der Waals surface area contributed by atoms with Crippen molar-refractivity contribution in [1.29, 1.82) is 0 Å². The Hall–Kier alpha value is -1.88. The smallest absolute Gasteiger partial charge is 0.132 e. The number of aromatic nitrogens is 2. The molecule has 0 spiro atoms. The number of ether oxygens (including phenoxy) is 1. The number of halogens is 1. The molecule has 0 saturated carbocycles. The number of benzene rings is 1. The fourth-order valence-electron chi connectivity index (χ4n) is 2.05. The van der Waals surface area contributed by atoms with Gasteiger partial charge in [0, 0.05) is 18.7 Å². The Morgan fingerprint density at radius 1 is 1.42 bits per heavy atom. The molecule has 0 radical (unpaired) electrons. The van der Waals surface area contributed by atoms with Gasteiger partial charge in [0.25, 0.3) is 0 Å². The maximum absolute atomic E-state index is 14.0. The number of aryl methyl sites for hydroxylation is 2. The highest BCUT2D eigenvalue weighted by atomic mass is 19.1. The number of hydrogen-bond acceptors (Lipinski definition) is 3. The van der Waals surface area contributed by atoms with Gasteiger partial charge in [0.15, 0.2) is 0 Å². The molecule has 0 amide bonds. The second-order valence-corrected chi connectivity index (χ2v) is 4.40. The number of rotatable bonds is 4. The molecule has 2 rings (SSSR count). The molecule has 0 aliphatic rings. The molecule has 5 heteroatoms. The molecule has 4 nitrogen and oxygen atoms in total. The molecule has 0 saturated heterocycles. The van der Waals surface area contributed by atoms with E-state index in [1.807, 2.05) is 20.0 Å². The third-order valence-electron chi connectivity index (χ3n) is 3.19. The van der Waals surface area contributed by atoms with E-state index in [0.717, 1.165) is 17.8 Å². The van der Waals surface area contributed by atoms with Crippen molar-refractivity contribution < 1.29 is 9.13 Å². The molecule has 2 N–H and O–H groups in total. The van der Waals surface area contributed by atoms with Crippen LogP contribution in [0.15, 0.2) is 24.3 Å². The van der Waals surface area contributed by atoms with E-state index in [1.54, 1.807) is 16.8 Å². The fourth-order valence-corrected chi connectivity index (χ4v) is 2.05. The Bertz CT molecular complexity index is 580. The average Bonchev–Trinajstić information content (AvgIpc) is 2.79. The lowest BCUT2D eigenvalue weighted by Gasteiger charge is -2.14. The summed E-state index contributed by atoms with van der Waals surface area (Å²) in [7, 11) is 3.32.